The number of ether oxygens (including phenoxy) is 1. The van der Waals surface area contributed by atoms with Gasteiger partial charge in [-0.2, -0.15) is 0 Å². The minimum atomic E-state index is -1.07. The fourth-order valence-corrected chi connectivity index (χ4v) is 2.79. The fourth-order valence-electron chi connectivity index (χ4n) is 1.90. The van der Waals surface area contributed by atoms with Gasteiger partial charge in [0, 0.05) is 11.4 Å². The second-order valence-corrected chi connectivity index (χ2v) is 6.01. The summed E-state index contributed by atoms with van der Waals surface area (Å²) in [5.41, 5.74) is 1.00. The number of nitrogens with one attached hydrogen (secondary N) is 2. The Labute approximate surface area is 143 Å². The molecule has 7 heteroatoms. The van der Waals surface area contributed by atoms with Crippen LogP contribution in [0, 0.1) is 0 Å². The Kier molecular flexibility index (Phi) is 6.08. The summed E-state index contributed by atoms with van der Waals surface area (Å²) in [5.74, 6) is -1.27. The SMILES string of the molecule is CCNC(=O)NC(=O)C(C)OC(=O)c1ccc(-c2ccccc2)s1. The summed E-state index contributed by atoms with van der Waals surface area (Å²) in [4.78, 5) is 36.5. The van der Waals surface area contributed by atoms with Crippen LogP contribution in [0.3, 0.4) is 0 Å². The summed E-state index contributed by atoms with van der Waals surface area (Å²) in [7, 11) is 0. The van der Waals surface area contributed by atoms with Crippen LogP contribution in [0.15, 0.2) is 42.5 Å². The van der Waals surface area contributed by atoms with Gasteiger partial charge in [0.2, 0.25) is 0 Å². The van der Waals surface area contributed by atoms with Crippen LogP contribution in [0.5, 0.6) is 0 Å². The molecule has 0 spiro atoms. The maximum Gasteiger partial charge on any atom is 0.349 e. The van der Waals surface area contributed by atoms with Gasteiger partial charge in [0.25, 0.3) is 5.91 Å². The second-order valence-electron chi connectivity index (χ2n) is 4.93. The van der Waals surface area contributed by atoms with E-state index in [2.05, 4.69) is 10.6 Å². The number of benzene rings is 1. The van der Waals surface area contributed by atoms with Crippen molar-refractivity contribution in [2.45, 2.75) is 20.0 Å². The molecule has 2 N–H and O–H groups in total. The predicted octanol–water partition coefficient (Wildman–Crippen LogP) is 2.81. The van der Waals surface area contributed by atoms with Crippen LogP contribution >= 0.6 is 11.3 Å². The fraction of sp³-hybridized carbons (Fsp3) is 0.235. The molecule has 0 fully saturated rings. The van der Waals surface area contributed by atoms with E-state index in [4.69, 9.17) is 4.74 Å². The van der Waals surface area contributed by atoms with Gasteiger partial charge in [-0.3, -0.25) is 10.1 Å². The Balaban J connectivity index is 1.96. The van der Waals surface area contributed by atoms with E-state index >= 15 is 0 Å². The highest BCUT2D eigenvalue weighted by Crippen LogP contribution is 2.28. The molecule has 0 aliphatic heterocycles. The molecule has 0 aliphatic carbocycles. The number of carbonyl (C=O) groups excluding carboxylic acids is 3. The van der Waals surface area contributed by atoms with Crippen molar-refractivity contribution >= 4 is 29.2 Å². The predicted molar refractivity (Wildman–Crippen MR) is 91.8 cm³/mol. The lowest BCUT2D eigenvalue weighted by molar-refractivity contribution is -0.127. The molecule has 1 aromatic carbocycles. The highest BCUT2D eigenvalue weighted by molar-refractivity contribution is 7.17. The molecule has 0 bridgehead atoms. The molecule has 2 aromatic rings. The summed E-state index contributed by atoms with van der Waals surface area (Å²) in [6.45, 7) is 3.54. The summed E-state index contributed by atoms with van der Waals surface area (Å²) >= 11 is 1.28. The van der Waals surface area contributed by atoms with Crippen molar-refractivity contribution in [3.63, 3.8) is 0 Å². The lowest BCUT2D eigenvalue weighted by Gasteiger charge is -2.12. The molecular weight excluding hydrogens is 328 g/mol. The maximum absolute atomic E-state index is 12.1. The van der Waals surface area contributed by atoms with E-state index in [1.807, 2.05) is 36.4 Å². The number of urea groups is 1. The lowest BCUT2D eigenvalue weighted by Crippen LogP contribution is -2.44. The Morgan fingerprint density at radius 2 is 1.83 bits per heavy atom. The van der Waals surface area contributed by atoms with Crippen molar-refractivity contribution in [2.75, 3.05) is 6.54 Å². The number of amides is 3. The quantitative estimate of drug-likeness (QED) is 0.815. The highest BCUT2D eigenvalue weighted by Gasteiger charge is 2.21. The zero-order valence-corrected chi connectivity index (χ0v) is 14.2. The van der Waals surface area contributed by atoms with Crippen LogP contribution in [0.1, 0.15) is 23.5 Å². The highest BCUT2D eigenvalue weighted by atomic mass is 32.1. The molecule has 1 aromatic heterocycles. The molecule has 0 aliphatic rings. The minimum absolute atomic E-state index is 0.394. The molecule has 0 saturated carbocycles. The van der Waals surface area contributed by atoms with Crippen LogP contribution in [0.4, 0.5) is 4.79 Å². The first kappa shape index (κ1) is 17.7. The van der Waals surface area contributed by atoms with Crippen molar-refractivity contribution < 1.29 is 19.1 Å². The summed E-state index contributed by atoms with van der Waals surface area (Å²) < 4.78 is 5.11. The van der Waals surface area contributed by atoms with Crippen molar-refractivity contribution in [1.82, 2.24) is 10.6 Å². The summed E-state index contributed by atoms with van der Waals surface area (Å²) in [6.07, 6.45) is -1.07. The molecule has 24 heavy (non-hydrogen) atoms. The maximum atomic E-state index is 12.1. The molecule has 2 rings (SSSR count). The molecule has 1 unspecified atom stereocenters. The first-order valence-electron chi connectivity index (χ1n) is 7.46. The first-order chi connectivity index (χ1) is 11.5. The Morgan fingerprint density at radius 1 is 1.12 bits per heavy atom. The molecule has 0 radical (unpaired) electrons. The third-order valence-electron chi connectivity index (χ3n) is 3.09. The first-order valence-corrected chi connectivity index (χ1v) is 8.27. The van der Waals surface area contributed by atoms with E-state index in [0.29, 0.717) is 11.4 Å². The number of imide groups is 1. The molecule has 6 nitrogen and oxygen atoms in total. The van der Waals surface area contributed by atoms with Gasteiger partial charge in [0.1, 0.15) is 4.88 Å². The van der Waals surface area contributed by atoms with Crippen LogP contribution in [-0.2, 0) is 9.53 Å². The van der Waals surface area contributed by atoms with Gasteiger partial charge in [-0.15, -0.1) is 11.3 Å². The van der Waals surface area contributed by atoms with Crippen molar-refractivity contribution in [2.24, 2.45) is 0 Å². The summed E-state index contributed by atoms with van der Waals surface area (Å²) in [5, 5.41) is 4.53. The van der Waals surface area contributed by atoms with Gasteiger partial charge in [-0.25, -0.2) is 9.59 Å². The second kappa shape index (κ2) is 8.26. The van der Waals surface area contributed by atoms with E-state index in [9.17, 15) is 14.4 Å². The van der Waals surface area contributed by atoms with Gasteiger partial charge in [0.15, 0.2) is 6.10 Å². The van der Waals surface area contributed by atoms with Crippen LogP contribution in [0.2, 0.25) is 0 Å². The van der Waals surface area contributed by atoms with E-state index < -0.39 is 24.0 Å². The molecule has 1 heterocycles. The number of hydrogen-bond donors (Lipinski definition) is 2. The largest absolute Gasteiger partial charge is 0.448 e. The Bertz CT molecular complexity index is 727. The van der Waals surface area contributed by atoms with Crippen LogP contribution in [-0.4, -0.2) is 30.6 Å². The van der Waals surface area contributed by atoms with E-state index in [-0.39, 0.29) is 0 Å². The van der Waals surface area contributed by atoms with E-state index in [0.717, 1.165) is 10.4 Å². The third kappa shape index (κ3) is 4.66. The number of rotatable bonds is 5. The number of hydrogen-bond acceptors (Lipinski definition) is 5. The molecule has 3 amide bonds. The topological polar surface area (TPSA) is 84.5 Å². The van der Waals surface area contributed by atoms with Gasteiger partial charge in [-0.1, -0.05) is 30.3 Å². The van der Waals surface area contributed by atoms with Crippen molar-refractivity contribution in [3.05, 3.63) is 47.3 Å². The standard InChI is InChI=1S/C17H18N2O4S/c1-3-18-17(22)19-15(20)11(2)23-16(21)14-10-9-13(24-14)12-7-5-4-6-8-12/h4-11H,3H2,1-2H3,(H2,18,19,20,22). The molecule has 126 valence electrons. The minimum Gasteiger partial charge on any atom is -0.448 e. The average molecular weight is 346 g/mol. The van der Waals surface area contributed by atoms with Gasteiger partial charge in [-0.05, 0) is 31.5 Å². The third-order valence-corrected chi connectivity index (χ3v) is 4.21. The number of carbonyl (C=O) groups is 3. The van der Waals surface area contributed by atoms with Gasteiger partial charge in [0.05, 0.1) is 0 Å². The van der Waals surface area contributed by atoms with Crippen molar-refractivity contribution in [1.29, 1.82) is 0 Å². The average Bonchev–Trinajstić information content (AvgIpc) is 3.06. The lowest BCUT2D eigenvalue weighted by atomic mass is 10.2. The summed E-state index contributed by atoms with van der Waals surface area (Å²) in [6, 6.07) is 12.5. The zero-order chi connectivity index (χ0) is 17.5. The van der Waals surface area contributed by atoms with Crippen LogP contribution < -0.4 is 10.6 Å². The van der Waals surface area contributed by atoms with E-state index in [1.165, 1.54) is 18.3 Å². The normalized spacial score (nSPS) is 11.4. The zero-order valence-electron chi connectivity index (χ0n) is 13.4. The smallest absolute Gasteiger partial charge is 0.349 e. The van der Waals surface area contributed by atoms with Gasteiger partial charge < -0.3 is 10.1 Å². The molecular formula is C17H18N2O4S. The van der Waals surface area contributed by atoms with Gasteiger partial charge >= 0.3 is 12.0 Å². The number of thiophene rings is 1. The van der Waals surface area contributed by atoms with E-state index in [1.54, 1.807) is 13.0 Å². The van der Waals surface area contributed by atoms with Crippen LogP contribution in [0.25, 0.3) is 10.4 Å². The van der Waals surface area contributed by atoms with Crippen molar-refractivity contribution in [3.8, 4) is 10.4 Å². The molecule has 0 saturated heterocycles. The Hall–Kier alpha value is -2.67. The monoisotopic (exact) mass is 346 g/mol. The Morgan fingerprint density at radius 3 is 2.50 bits per heavy atom. The molecule has 1 atom stereocenters. The number of esters is 1.